The highest BCUT2D eigenvalue weighted by atomic mass is 32.1. The molecule has 12 aromatic rings. The second kappa shape index (κ2) is 15.0. The van der Waals surface area contributed by atoms with Gasteiger partial charge in [0, 0.05) is 53.2 Å². The quantitative estimate of drug-likeness (QED) is 0.161. The van der Waals surface area contributed by atoms with E-state index < -0.39 is 0 Å². The van der Waals surface area contributed by atoms with Crippen LogP contribution in [0.2, 0.25) is 0 Å². The summed E-state index contributed by atoms with van der Waals surface area (Å²) in [6.45, 7) is 0. The maximum Gasteiger partial charge on any atom is 0.160 e. The molecule has 0 radical (unpaired) electrons. The van der Waals surface area contributed by atoms with Crippen LogP contribution in [-0.2, 0) is 0 Å². The lowest BCUT2D eigenvalue weighted by Crippen LogP contribution is -1.97. The van der Waals surface area contributed by atoms with E-state index in [9.17, 15) is 0 Å². The molecule has 0 N–H and O–H groups in total. The molecule has 9 aromatic carbocycles. The third-order valence-corrected chi connectivity index (χ3v) is 13.0. The van der Waals surface area contributed by atoms with Crippen LogP contribution >= 0.6 is 11.3 Å². The van der Waals surface area contributed by atoms with Gasteiger partial charge in [-0.2, -0.15) is 0 Å². The van der Waals surface area contributed by atoms with Gasteiger partial charge in [0.25, 0.3) is 0 Å². The average molecular weight is 809 g/mol. The summed E-state index contributed by atoms with van der Waals surface area (Å²) in [6, 6.07) is 77.3. The van der Waals surface area contributed by atoms with Crippen molar-refractivity contribution in [3.8, 4) is 78.4 Å². The third-order valence-electron chi connectivity index (χ3n) is 11.9. The topological polar surface area (TPSA) is 38.9 Å². The third kappa shape index (κ3) is 6.37. The first kappa shape index (κ1) is 36.0. The number of hydrogen-bond donors (Lipinski definition) is 0. The molecular formula is C58H36N2OS. The molecule has 290 valence electrons. The molecule has 4 heteroatoms. The summed E-state index contributed by atoms with van der Waals surface area (Å²) < 4.78 is 9.34. The number of nitrogens with zero attached hydrogens (tertiary/aromatic N) is 2. The molecule has 0 aliphatic carbocycles. The van der Waals surface area contributed by atoms with Crippen LogP contribution in [0.4, 0.5) is 0 Å². The van der Waals surface area contributed by atoms with Gasteiger partial charge in [-0.05, 0) is 87.5 Å². The minimum absolute atomic E-state index is 0.675. The first-order valence-corrected chi connectivity index (χ1v) is 21.7. The van der Waals surface area contributed by atoms with Crippen molar-refractivity contribution in [1.29, 1.82) is 0 Å². The molecule has 0 saturated carbocycles. The Balaban J connectivity index is 0.976. The number of benzene rings is 9. The van der Waals surface area contributed by atoms with Crippen LogP contribution in [0.25, 0.3) is 121 Å². The average Bonchev–Trinajstić information content (AvgIpc) is 3.93. The zero-order valence-corrected chi connectivity index (χ0v) is 34.3. The highest BCUT2D eigenvalue weighted by molar-refractivity contribution is 7.25. The molecule has 0 aliphatic rings. The molecule has 0 spiro atoms. The first-order valence-electron chi connectivity index (χ1n) is 20.9. The van der Waals surface area contributed by atoms with E-state index in [0.29, 0.717) is 5.82 Å². The summed E-state index contributed by atoms with van der Waals surface area (Å²) >= 11 is 1.85. The number of para-hydroxylation sites is 1. The molecule has 3 nitrogen and oxygen atoms in total. The molecule has 0 atom stereocenters. The Morgan fingerprint density at radius 1 is 0.323 bits per heavy atom. The van der Waals surface area contributed by atoms with Crippen molar-refractivity contribution in [1.82, 2.24) is 9.97 Å². The first-order chi connectivity index (χ1) is 30.7. The summed E-state index contributed by atoms with van der Waals surface area (Å²) in [6.07, 6.45) is 0. The van der Waals surface area contributed by atoms with Crippen molar-refractivity contribution >= 4 is 53.4 Å². The van der Waals surface area contributed by atoms with Gasteiger partial charge in [0.1, 0.15) is 11.2 Å². The number of furan rings is 1. The Labute approximate surface area is 362 Å². The van der Waals surface area contributed by atoms with Crippen LogP contribution in [-0.4, -0.2) is 9.97 Å². The van der Waals surface area contributed by atoms with Gasteiger partial charge in [-0.1, -0.05) is 170 Å². The summed E-state index contributed by atoms with van der Waals surface area (Å²) in [5.74, 6) is 0.675. The molecule has 62 heavy (non-hydrogen) atoms. The van der Waals surface area contributed by atoms with E-state index in [-0.39, 0.29) is 0 Å². The molecule has 0 saturated heterocycles. The van der Waals surface area contributed by atoms with E-state index in [2.05, 4.69) is 206 Å². The van der Waals surface area contributed by atoms with Crippen molar-refractivity contribution in [2.75, 3.05) is 0 Å². The fourth-order valence-electron chi connectivity index (χ4n) is 8.84. The normalized spacial score (nSPS) is 11.5. The Morgan fingerprint density at radius 3 is 1.53 bits per heavy atom. The number of thiophene rings is 1. The number of aromatic nitrogens is 2. The Bertz CT molecular complexity index is 3550. The van der Waals surface area contributed by atoms with Crippen LogP contribution in [0.15, 0.2) is 223 Å². The number of fused-ring (bicyclic) bond motifs is 6. The van der Waals surface area contributed by atoms with Crippen LogP contribution in [0.5, 0.6) is 0 Å². The fourth-order valence-corrected chi connectivity index (χ4v) is 9.99. The van der Waals surface area contributed by atoms with Gasteiger partial charge in [-0.25, -0.2) is 9.97 Å². The lowest BCUT2D eigenvalue weighted by atomic mass is 9.93. The SMILES string of the molecule is c1ccc(-c2cc(-c3ccccc3)cc(-c3nc(-c4ccccc4)cc(-c4ccc(-c5ccc(-c6ccc7c(c6)sc6ccccc67)c6c5oc5ccccc56)cc4)n3)c2)cc1. The fraction of sp³-hybridized carbons (Fsp3) is 0. The summed E-state index contributed by atoms with van der Waals surface area (Å²) in [4.78, 5) is 10.5. The van der Waals surface area contributed by atoms with Crippen LogP contribution in [0.3, 0.4) is 0 Å². The van der Waals surface area contributed by atoms with Crippen molar-refractivity contribution in [3.63, 3.8) is 0 Å². The zero-order valence-electron chi connectivity index (χ0n) is 33.5. The summed E-state index contributed by atoms with van der Waals surface area (Å²) in [5.41, 5.74) is 15.5. The van der Waals surface area contributed by atoms with Gasteiger partial charge in [0.15, 0.2) is 5.82 Å². The van der Waals surface area contributed by atoms with Crippen LogP contribution in [0, 0.1) is 0 Å². The molecule has 0 bridgehead atoms. The van der Waals surface area contributed by atoms with E-state index in [0.717, 1.165) is 83.4 Å². The summed E-state index contributed by atoms with van der Waals surface area (Å²) in [5, 5.41) is 4.84. The van der Waals surface area contributed by atoms with E-state index in [1.165, 1.54) is 31.3 Å². The second-order valence-electron chi connectivity index (χ2n) is 15.7. The lowest BCUT2D eigenvalue weighted by molar-refractivity contribution is 0.670. The maximum atomic E-state index is 6.75. The van der Waals surface area contributed by atoms with Gasteiger partial charge >= 0.3 is 0 Å². The summed E-state index contributed by atoms with van der Waals surface area (Å²) in [7, 11) is 0. The maximum absolute atomic E-state index is 6.75. The number of hydrogen-bond acceptors (Lipinski definition) is 4. The monoisotopic (exact) mass is 808 g/mol. The second-order valence-corrected chi connectivity index (χ2v) is 16.8. The predicted octanol–water partition coefficient (Wildman–Crippen LogP) is 16.4. The van der Waals surface area contributed by atoms with Gasteiger partial charge in [0.05, 0.1) is 11.4 Å². The molecule has 3 aromatic heterocycles. The predicted molar refractivity (Wildman–Crippen MR) is 260 cm³/mol. The molecule has 0 fully saturated rings. The Kier molecular flexibility index (Phi) is 8.68. The van der Waals surface area contributed by atoms with E-state index in [1.807, 2.05) is 23.5 Å². The molecule has 12 rings (SSSR count). The van der Waals surface area contributed by atoms with Crippen molar-refractivity contribution in [2.24, 2.45) is 0 Å². The van der Waals surface area contributed by atoms with Crippen LogP contribution < -0.4 is 0 Å². The molecular weight excluding hydrogens is 773 g/mol. The van der Waals surface area contributed by atoms with Crippen molar-refractivity contribution in [3.05, 3.63) is 218 Å². The number of rotatable bonds is 7. The Morgan fingerprint density at radius 2 is 0.839 bits per heavy atom. The molecule has 0 amide bonds. The van der Waals surface area contributed by atoms with Crippen molar-refractivity contribution in [2.45, 2.75) is 0 Å². The van der Waals surface area contributed by atoms with Gasteiger partial charge in [-0.3, -0.25) is 0 Å². The minimum Gasteiger partial charge on any atom is -0.455 e. The van der Waals surface area contributed by atoms with Crippen LogP contribution in [0.1, 0.15) is 0 Å². The highest BCUT2D eigenvalue weighted by Crippen LogP contribution is 2.44. The van der Waals surface area contributed by atoms with E-state index in [4.69, 9.17) is 14.4 Å². The zero-order chi connectivity index (χ0) is 41.0. The molecule has 3 heterocycles. The Hall–Kier alpha value is -7.92. The van der Waals surface area contributed by atoms with Crippen molar-refractivity contribution < 1.29 is 4.42 Å². The minimum atomic E-state index is 0.675. The largest absolute Gasteiger partial charge is 0.455 e. The highest BCUT2D eigenvalue weighted by Gasteiger charge is 2.19. The lowest BCUT2D eigenvalue weighted by Gasteiger charge is -2.13. The standard InChI is InChI=1S/C58H36N2OS/c1-4-14-37(15-5-1)43-32-44(38-16-6-2-7-17-38)34-45(33-43)58-59-51(40-18-8-3-9-19-40)36-52(60-58)41-26-24-39(25-27-41)47-31-30-46(56-50-21-10-12-22-53(50)61-57(47)56)42-28-29-49-48-20-11-13-23-54(48)62-55(49)35-42/h1-36H. The van der Waals surface area contributed by atoms with E-state index in [1.54, 1.807) is 0 Å². The van der Waals surface area contributed by atoms with Gasteiger partial charge in [-0.15, -0.1) is 11.3 Å². The molecule has 0 aliphatic heterocycles. The van der Waals surface area contributed by atoms with E-state index >= 15 is 0 Å². The van der Waals surface area contributed by atoms with Gasteiger partial charge in [0.2, 0.25) is 0 Å². The van der Waals surface area contributed by atoms with Gasteiger partial charge < -0.3 is 4.42 Å². The molecule has 0 unspecified atom stereocenters. The smallest absolute Gasteiger partial charge is 0.160 e.